The van der Waals surface area contributed by atoms with Crippen LogP contribution in [0.5, 0.6) is 0 Å². The molecule has 0 N–H and O–H groups in total. The molecule has 0 aromatic carbocycles. The van der Waals surface area contributed by atoms with Crippen LogP contribution in [-0.2, 0) is 8.23 Å². The van der Waals surface area contributed by atoms with E-state index in [1.807, 2.05) is 0 Å². The van der Waals surface area contributed by atoms with E-state index in [0.717, 1.165) is 0 Å². The molecule has 2 nitrogen and oxygen atoms in total. The van der Waals surface area contributed by atoms with E-state index in [4.69, 9.17) is 8.23 Å². The van der Waals surface area contributed by atoms with Crippen molar-refractivity contribution in [2.24, 2.45) is 0 Å². The minimum atomic E-state index is -2.10. The summed E-state index contributed by atoms with van der Waals surface area (Å²) in [4.78, 5) is 0. The van der Waals surface area contributed by atoms with Gasteiger partial charge in [-0.3, -0.25) is 0 Å². The van der Waals surface area contributed by atoms with Gasteiger partial charge >= 0.3 is 8.56 Å². The van der Waals surface area contributed by atoms with E-state index >= 15 is 0 Å². The first-order valence-electron chi connectivity index (χ1n) is 13.2. The van der Waals surface area contributed by atoms with Crippen molar-refractivity contribution in [3.05, 3.63) is 0 Å². The summed E-state index contributed by atoms with van der Waals surface area (Å²) in [5.41, 5.74) is 0. The minimum Gasteiger partial charge on any atom is -0.436 e. The van der Waals surface area contributed by atoms with Crippen molar-refractivity contribution in [1.29, 1.82) is 0 Å². The highest BCUT2D eigenvalue weighted by Gasteiger charge is 2.45. The van der Waals surface area contributed by atoms with E-state index in [0.29, 0.717) is 9.76 Å². The van der Waals surface area contributed by atoms with Gasteiger partial charge in [0.1, 0.15) is 0 Å². The van der Waals surface area contributed by atoms with Gasteiger partial charge < -0.3 is 8.23 Å². The zero-order chi connectivity index (χ0) is 21.8. The lowest BCUT2D eigenvalue weighted by Crippen LogP contribution is -2.54. The molecule has 0 spiro atoms. The molecule has 29 heavy (non-hydrogen) atoms. The maximum absolute atomic E-state index is 7.58. The molecule has 0 rings (SSSR count). The summed E-state index contributed by atoms with van der Waals surface area (Å²) in [6, 6.07) is 7.83. The largest absolute Gasteiger partial charge is 0.436 e. The zero-order valence-electron chi connectivity index (χ0n) is 21.0. The standard InChI is InChI=1S/C24H54O2Si3/c1-7-13-19-27-25-29(23-17-11-5,24-18-12-6)26-28(20-14-8-2,21-15-9-3)22-16-10-4/h7-24H2,1-6H3. The Kier molecular flexibility index (Phi) is 19.6. The Morgan fingerprint density at radius 1 is 0.517 bits per heavy atom. The predicted molar refractivity (Wildman–Crippen MR) is 138 cm³/mol. The summed E-state index contributed by atoms with van der Waals surface area (Å²) in [5.74, 6) is 0. The van der Waals surface area contributed by atoms with Gasteiger partial charge in [-0.05, 0) is 36.3 Å². The topological polar surface area (TPSA) is 18.5 Å². The molecule has 0 heterocycles. The average Bonchev–Trinajstić information content (AvgIpc) is 2.74. The maximum Gasteiger partial charge on any atom is 0.317 e. The van der Waals surface area contributed by atoms with Crippen LogP contribution in [-0.4, -0.2) is 26.6 Å². The van der Waals surface area contributed by atoms with Crippen molar-refractivity contribution >= 4 is 26.6 Å². The quantitative estimate of drug-likeness (QED) is 0.119. The predicted octanol–water partition coefficient (Wildman–Crippen LogP) is 9.25. The number of rotatable bonds is 22. The van der Waals surface area contributed by atoms with Gasteiger partial charge in [-0.15, -0.1) is 0 Å². The Morgan fingerprint density at radius 3 is 1.28 bits per heavy atom. The molecule has 2 radical (unpaired) electrons. The van der Waals surface area contributed by atoms with Crippen LogP contribution in [0, 0.1) is 0 Å². The molecule has 5 heteroatoms. The highest BCUT2D eigenvalue weighted by Crippen LogP contribution is 2.37. The van der Waals surface area contributed by atoms with E-state index in [1.54, 1.807) is 0 Å². The lowest BCUT2D eigenvalue weighted by atomic mass is 10.4. The molecule has 0 amide bonds. The van der Waals surface area contributed by atoms with Crippen molar-refractivity contribution in [1.82, 2.24) is 0 Å². The third kappa shape index (κ3) is 13.6. The van der Waals surface area contributed by atoms with Crippen LogP contribution in [0.3, 0.4) is 0 Å². The molecule has 0 aliphatic carbocycles. The average molecular weight is 459 g/mol. The summed E-state index contributed by atoms with van der Waals surface area (Å²) in [7, 11) is -3.16. The molecule has 0 aromatic rings. The second-order valence-electron chi connectivity index (χ2n) is 9.06. The molecule has 0 aromatic heterocycles. The van der Waals surface area contributed by atoms with Crippen molar-refractivity contribution in [2.75, 3.05) is 0 Å². The third-order valence-corrected chi connectivity index (χ3v) is 17.9. The molecular weight excluding hydrogens is 405 g/mol. The zero-order valence-corrected chi connectivity index (χ0v) is 24.0. The van der Waals surface area contributed by atoms with Crippen LogP contribution in [0.4, 0.5) is 0 Å². The number of unbranched alkanes of at least 4 members (excludes halogenated alkanes) is 6. The van der Waals surface area contributed by atoms with Crippen molar-refractivity contribution in [3.63, 3.8) is 0 Å². The second kappa shape index (κ2) is 19.3. The smallest absolute Gasteiger partial charge is 0.317 e. The van der Waals surface area contributed by atoms with Crippen LogP contribution < -0.4 is 0 Å². The van der Waals surface area contributed by atoms with E-state index in [2.05, 4.69) is 41.5 Å². The summed E-state index contributed by atoms with van der Waals surface area (Å²) in [6.45, 7) is 14.0. The third-order valence-electron chi connectivity index (χ3n) is 6.07. The summed E-state index contributed by atoms with van der Waals surface area (Å²) in [6.07, 6.45) is 15.6. The molecule has 0 saturated carbocycles. The highest BCUT2D eigenvalue weighted by molar-refractivity contribution is 6.86. The Labute approximate surface area is 189 Å². The van der Waals surface area contributed by atoms with Crippen LogP contribution in [0.15, 0.2) is 0 Å². The summed E-state index contributed by atoms with van der Waals surface area (Å²) < 4.78 is 14.5. The normalized spacial score (nSPS) is 12.6. The SMILES string of the molecule is CCCC[Si]O[Si](CCCC)(CCCC)O[Si](CCCC)(CCCC)CCCC. The summed E-state index contributed by atoms with van der Waals surface area (Å²) in [5, 5.41) is 0. The molecule has 0 unspecified atom stereocenters. The van der Waals surface area contributed by atoms with Crippen LogP contribution in [0.2, 0.25) is 36.3 Å². The molecule has 0 atom stereocenters. The van der Waals surface area contributed by atoms with Gasteiger partial charge in [-0.25, -0.2) is 0 Å². The Bertz CT molecular complexity index is 323. The molecule has 0 bridgehead atoms. The van der Waals surface area contributed by atoms with E-state index in [-0.39, 0.29) is 0 Å². The Balaban J connectivity index is 5.68. The molecule has 0 fully saturated rings. The van der Waals surface area contributed by atoms with Gasteiger partial charge in [0, 0.05) is 0 Å². The van der Waals surface area contributed by atoms with Crippen LogP contribution in [0.25, 0.3) is 0 Å². The lowest BCUT2D eigenvalue weighted by molar-refractivity contribution is 0.365. The first-order valence-corrected chi connectivity index (χ1v) is 19.1. The van der Waals surface area contributed by atoms with Crippen LogP contribution >= 0.6 is 0 Å². The minimum absolute atomic E-state index is 0.665. The fourth-order valence-electron chi connectivity index (χ4n) is 4.09. The van der Waals surface area contributed by atoms with E-state index in [1.165, 1.54) is 113 Å². The van der Waals surface area contributed by atoms with Gasteiger partial charge in [0.2, 0.25) is 9.76 Å². The lowest BCUT2D eigenvalue weighted by Gasteiger charge is -2.43. The van der Waals surface area contributed by atoms with Crippen LogP contribution in [0.1, 0.15) is 119 Å². The molecule has 0 aliphatic heterocycles. The van der Waals surface area contributed by atoms with E-state index < -0.39 is 16.9 Å². The fourth-order valence-corrected chi connectivity index (χ4v) is 18.4. The molecule has 174 valence electrons. The first-order chi connectivity index (χ1) is 14.1. The number of hydrogen-bond acceptors (Lipinski definition) is 2. The van der Waals surface area contributed by atoms with Gasteiger partial charge in [0.25, 0.3) is 0 Å². The first kappa shape index (κ1) is 29.6. The maximum atomic E-state index is 7.58. The van der Waals surface area contributed by atoms with Gasteiger partial charge in [0.15, 0.2) is 8.32 Å². The molecule has 0 saturated heterocycles. The number of hydrogen-bond donors (Lipinski definition) is 0. The summed E-state index contributed by atoms with van der Waals surface area (Å²) >= 11 is 0. The highest BCUT2D eigenvalue weighted by atomic mass is 28.5. The Hall–Kier alpha value is 0.571. The van der Waals surface area contributed by atoms with Crippen molar-refractivity contribution < 1.29 is 8.23 Å². The Morgan fingerprint density at radius 2 is 0.897 bits per heavy atom. The molecular formula is C24H54O2Si3. The van der Waals surface area contributed by atoms with Gasteiger partial charge in [-0.1, -0.05) is 119 Å². The van der Waals surface area contributed by atoms with Gasteiger partial charge in [-0.2, -0.15) is 0 Å². The van der Waals surface area contributed by atoms with E-state index in [9.17, 15) is 0 Å². The van der Waals surface area contributed by atoms with Gasteiger partial charge in [0.05, 0.1) is 0 Å². The van der Waals surface area contributed by atoms with Crippen molar-refractivity contribution in [2.45, 2.75) is 155 Å². The molecule has 0 aliphatic rings. The fraction of sp³-hybridized carbons (Fsp3) is 1.00. The monoisotopic (exact) mass is 458 g/mol. The van der Waals surface area contributed by atoms with Crippen molar-refractivity contribution in [3.8, 4) is 0 Å². The second-order valence-corrected chi connectivity index (χ2v) is 18.2.